The SMILES string of the molecule is CN1CCC(N(C)S(=O)(=O)c2cc(N)ccc2F)CC1. The zero-order valence-corrected chi connectivity index (χ0v) is 12.5. The molecule has 0 radical (unpaired) electrons. The molecule has 0 atom stereocenters. The van der Waals surface area contributed by atoms with Gasteiger partial charge < -0.3 is 10.6 Å². The fraction of sp³-hybridized carbons (Fsp3) is 0.538. The molecule has 112 valence electrons. The maximum absolute atomic E-state index is 13.8. The first-order chi connectivity index (χ1) is 9.32. The van der Waals surface area contributed by atoms with Gasteiger partial charge in [-0.05, 0) is 51.2 Å². The number of nitrogens with zero attached hydrogens (tertiary/aromatic N) is 2. The lowest BCUT2D eigenvalue weighted by atomic mass is 10.1. The quantitative estimate of drug-likeness (QED) is 0.850. The number of anilines is 1. The number of hydrogen-bond acceptors (Lipinski definition) is 4. The van der Waals surface area contributed by atoms with Gasteiger partial charge in [0.05, 0.1) is 0 Å². The van der Waals surface area contributed by atoms with Gasteiger partial charge in [0.25, 0.3) is 0 Å². The van der Waals surface area contributed by atoms with Crippen molar-refractivity contribution in [2.24, 2.45) is 0 Å². The summed E-state index contributed by atoms with van der Waals surface area (Å²) >= 11 is 0. The minimum Gasteiger partial charge on any atom is -0.399 e. The van der Waals surface area contributed by atoms with Crippen molar-refractivity contribution in [3.05, 3.63) is 24.0 Å². The van der Waals surface area contributed by atoms with E-state index in [0.717, 1.165) is 32.0 Å². The predicted octanol–water partition coefficient (Wildman–Crippen LogP) is 1.12. The lowest BCUT2D eigenvalue weighted by molar-refractivity contribution is 0.197. The maximum Gasteiger partial charge on any atom is 0.246 e. The predicted molar refractivity (Wildman–Crippen MR) is 76.3 cm³/mol. The van der Waals surface area contributed by atoms with E-state index in [1.807, 2.05) is 7.05 Å². The van der Waals surface area contributed by atoms with Gasteiger partial charge >= 0.3 is 0 Å². The Morgan fingerprint density at radius 2 is 1.95 bits per heavy atom. The van der Waals surface area contributed by atoms with E-state index in [2.05, 4.69) is 4.90 Å². The monoisotopic (exact) mass is 301 g/mol. The number of nitrogens with two attached hydrogens (primary N) is 1. The molecule has 0 saturated carbocycles. The van der Waals surface area contributed by atoms with E-state index >= 15 is 0 Å². The van der Waals surface area contributed by atoms with Gasteiger partial charge in [0.2, 0.25) is 10.0 Å². The number of sulfonamides is 1. The van der Waals surface area contributed by atoms with Crippen molar-refractivity contribution in [2.45, 2.75) is 23.8 Å². The smallest absolute Gasteiger partial charge is 0.246 e. The summed E-state index contributed by atoms with van der Waals surface area (Å²) in [6.07, 6.45) is 1.49. The topological polar surface area (TPSA) is 66.6 Å². The first-order valence-electron chi connectivity index (χ1n) is 6.54. The average molecular weight is 301 g/mol. The van der Waals surface area contributed by atoms with Crippen molar-refractivity contribution < 1.29 is 12.8 Å². The summed E-state index contributed by atoms with van der Waals surface area (Å²) in [5, 5.41) is 0. The number of hydrogen-bond donors (Lipinski definition) is 1. The Bertz CT molecular complexity index is 583. The summed E-state index contributed by atoms with van der Waals surface area (Å²) in [6, 6.07) is 3.52. The Labute approximate surface area is 119 Å². The fourth-order valence-electron chi connectivity index (χ4n) is 2.43. The second-order valence-electron chi connectivity index (χ2n) is 5.25. The highest BCUT2D eigenvalue weighted by Gasteiger charge is 2.31. The number of nitrogen functional groups attached to an aromatic ring is 1. The fourth-order valence-corrected chi connectivity index (χ4v) is 3.94. The molecule has 0 spiro atoms. The van der Waals surface area contributed by atoms with Gasteiger partial charge in [0, 0.05) is 18.8 Å². The van der Waals surface area contributed by atoms with E-state index in [9.17, 15) is 12.8 Å². The van der Waals surface area contributed by atoms with E-state index in [-0.39, 0.29) is 16.6 Å². The number of benzene rings is 1. The zero-order chi connectivity index (χ0) is 14.9. The van der Waals surface area contributed by atoms with Crippen LogP contribution >= 0.6 is 0 Å². The van der Waals surface area contributed by atoms with Crippen LogP contribution in [0.1, 0.15) is 12.8 Å². The van der Waals surface area contributed by atoms with Crippen molar-refractivity contribution in [1.29, 1.82) is 0 Å². The van der Waals surface area contributed by atoms with Crippen molar-refractivity contribution in [1.82, 2.24) is 9.21 Å². The van der Waals surface area contributed by atoms with Gasteiger partial charge in [0.15, 0.2) is 0 Å². The van der Waals surface area contributed by atoms with Crippen molar-refractivity contribution in [3.63, 3.8) is 0 Å². The second kappa shape index (κ2) is 5.67. The van der Waals surface area contributed by atoms with Crippen LogP contribution in [-0.2, 0) is 10.0 Å². The highest BCUT2D eigenvalue weighted by atomic mass is 32.2. The molecule has 0 aromatic heterocycles. The third kappa shape index (κ3) is 2.94. The molecule has 2 rings (SSSR count). The van der Waals surface area contributed by atoms with Crippen molar-refractivity contribution in [2.75, 3.05) is 32.9 Å². The van der Waals surface area contributed by atoms with Crippen LogP contribution in [-0.4, -0.2) is 50.8 Å². The Morgan fingerprint density at radius 3 is 2.55 bits per heavy atom. The lowest BCUT2D eigenvalue weighted by Gasteiger charge is -2.34. The Kier molecular flexibility index (Phi) is 4.31. The molecular weight excluding hydrogens is 281 g/mol. The lowest BCUT2D eigenvalue weighted by Crippen LogP contribution is -2.44. The van der Waals surface area contributed by atoms with Gasteiger partial charge in [-0.3, -0.25) is 0 Å². The minimum atomic E-state index is -3.85. The Morgan fingerprint density at radius 1 is 1.35 bits per heavy atom. The molecule has 0 amide bonds. The van der Waals surface area contributed by atoms with Crippen LogP contribution in [0.5, 0.6) is 0 Å². The summed E-state index contributed by atoms with van der Waals surface area (Å²) in [5.74, 6) is -0.765. The normalized spacial score (nSPS) is 18.6. The summed E-state index contributed by atoms with van der Waals surface area (Å²) in [6.45, 7) is 1.67. The molecule has 0 bridgehead atoms. The van der Waals surface area contributed by atoms with Crippen LogP contribution in [0, 0.1) is 5.82 Å². The van der Waals surface area contributed by atoms with E-state index in [4.69, 9.17) is 5.73 Å². The van der Waals surface area contributed by atoms with Crippen LogP contribution in [0.3, 0.4) is 0 Å². The first-order valence-corrected chi connectivity index (χ1v) is 7.98. The number of halogens is 1. The molecule has 1 aromatic carbocycles. The summed E-state index contributed by atoms with van der Waals surface area (Å²) < 4.78 is 40.1. The molecule has 20 heavy (non-hydrogen) atoms. The number of rotatable bonds is 3. The molecule has 1 saturated heterocycles. The molecule has 1 heterocycles. The largest absolute Gasteiger partial charge is 0.399 e. The molecule has 1 aromatic rings. The summed E-state index contributed by atoms with van der Waals surface area (Å²) in [7, 11) is -0.339. The van der Waals surface area contributed by atoms with E-state index in [1.165, 1.54) is 23.5 Å². The Hall–Kier alpha value is -1.18. The van der Waals surface area contributed by atoms with Crippen LogP contribution in [0.25, 0.3) is 0 Å². The van der Waals surface area contributed by atoms with Gasteiger partial charge in [0.1, 0.15) is 10.7 Å². The van der Waals surface area contributed by atoms with E-state index in [0.29, 0.717) is 0 Å². The summed E-state index contributed by atoms with van der Waals surface area (Å²) in [5.41, 5.74) is 5.80. The highest BCUT2D eigenvalue weighted by molar-refractivity contribution is 7.89. The maximum atomic E-state index is 13.8. The molecule has 1 aliphatic rings. The average Bonchev–Trinajstić information content (AvgIpc) is 2.41. The van der Waals surface area contributed by atoms with Crippen LogP contribution < -0.4 is 5.73 Å². The van der Waals surface area contributed by atoms with Crippen LogP contribution in [0.4, 0.5) is 10.1 Å². The van der Waals surface area contributed by atoms with Crippen molar-refractivity contribution >= 4 is 15.7 Å². The van der Waals surface area contributed by atoms with E-state index in [1.54, 1.807) is 0 Å². The number of piperidine rings is 1. The van der Waals surface area contributed by atoms with Gasteiger partial charge in [-0.15, -0.1) is 0 Å². The molecular formula is C13H20FN3O2S. The minimum absolute atomic E-state index is 0.1000. The molecule has 0 aliphatic carbocycles. The third-order valence-electron chi connectivity index (χ3n) is 3.81. The standard InChI is InChI=1S/C13H20FN3O2S/c1-16-7-5-11(6-8-16)17(2)20(18,19)13-9-10(15)3-4-12(13)14/h3-4,9,11H,5-8,15H2,1-2H3. The third-order valence-corrected chi connectivity index (χ3v) is 5.74. The second-order valence-corrected chi connectivity index (χ2v) is 7.21. The van der Waals surface area contributed by atoms with Crippen LogP contribution in [0.15, 0.2) is 23.1 Å². The van der Waals surface area contributed by atoms with Crippen LogP contribution in [0.2, 0.25) is 0 Å². The highest BCUT2D eigenvalue weighted by Crippen LogP contribution is 2.25. The Balaban J connectivity index is 2.27. The summed E-state index contributed by atoms with van der Waals surface area (Å²) in [4.78, 5) is 1.80. The van der Waals surface area contributed by atoms with Gasteiger partial charge in [-0.2, -0.15) is 4.31 Å². The van der Waals surface area contributed by atoms with Crippen molar-refractivity contribution in [3.8, 4) is 0 Å². The molecule has 2 N–H and O–H groups in total. The molecule has 5 nitrogen and oxygen atoms in total. The molecule has 7 heteroatoms. The van der Waals surface area contributed by atoms with Gasteiger partial charge in [-0.25, -0.2) is 12.8 Å². The van der Waals surface area contributed by atoms with E-state index < -0.39 is 15.8 Å². The molecule has 1 fully saturated rings. The number of likely N-dealkylation sites (tertiary alicyclic amines) is 1. The van der Waals surface area contributed by atoms with Gasteiger partial charge in [-0.1, -0.05) is 0 Å². The molecule has 0 unspecified atom stereocenters. The zero-order valence-electron chi connectivity index (χ0n) is 11.7. The molecule has 1 aliphatic heterocycles. The first kappa shape index (κ1) is 15.2.